The molecule has 2 N–H and O–H groups in total. The van der Waals surface area contributed by atoms with Gasteiger partial charge < -0.3 is 10.1 Å². The van der Waals surface area contributed by atoms with Gasteiger partial charge in [0.05, 0.1) is 34.9 Å². The lowest BCUT2D eigenvalue weighted by Gasteiger charge is -2.39. The molecule has 0 saturated heterocycles. The maximum atomic E-state index is 13.2. The minimum atomic E-state index is -0.223. The van der Waals surface area contributed by atoms with Gasteiger partial charge in [-0.3, -0.25) is 19.9 Å². The molecule has 32 heavy (non-hydrogen) atoms. The molecular formula is C25H37N5O2. The van der Waals surface area contributed by atoms with Gasteiger partial charge in [-0.25, -0.2) is 0 Å². The van der Waals surface area contributed by atoms with Gasteiger partial charge in [-0.2, -0.15) is 5.10 Å². The van der Waals surface area contributed by atoms with E-state index in [9.17, 15) is 4.79 Å². The van der Waals surface area contributed by atoms with Gasteiger partial charge in [0.2, 0.25) is 0 Å². The smallest absolute Gasteiger partial charge is 0.276 e. The van der Waals surface area contributed by atoms with Crippen molar-refractivity contribution in [3.05, 3.63) is 52.8 Å². The number of H-pyrrole nitrogens is 1. The molecule has 0 bridgehead atoms. The number of ether oxygens (including phenoxy) is 1. The van der Waals surface area contributed by atoms with Crippen molar-refractivity contribution in [3.63, 3.8) is 0 Å². The topological polar surface area (TPSA) is 73.5 Å². The summed E-state index contributed by atoms with van der Waals surface area (Å²) in [7, 11) is 2.05. The van der Waals surface area contributed by atoms with Gasteiger partial charge in [0, 0.05) is 12.6 Å². The van der Waals surface area contributed by atoms with E-state index in [0.29, 0.717) is 17.7 Å². The van der Waals surface area contributed by atoms with Gasteiger partial charge in [-0.1, -0.05) is 51.8 Å². The van der Waals surface area contributed by atoms with E-state index in [4.69, 9.17) is 4.74 Å². The predicted octanol–water partition coefficient (Wildman–Crippen LogP) is 4.73. The van der Waals surface area contributed by atoms with Gasteiger partial charge in [-0.05, 0) is 39.0 Å². The quantitative estimate of drug-likeness (QED) is 0.649. The Balaban J connectivity index is 1.49. The molecule has 174 valence electrons. The second kappa shape index (κ2) is 9.14. The highest BCUT2D eigenvalue weighted by Gasteiger charge is 2.35. The first-order valence-corrected chi connectivity index (χ1v) is 11.9. The zero-order chi connectivity index (χ0) is 23.0. The first kappa shape index (κ1) is 22.6. The Labute approximate surface area is 191 Å². The fraction of sp³-hybridized carbons (Fsp3) is 0.600. The normalized spacial score (nSPS) is 24.8. The highest BCUT2D eigenvalue weighted by Crippen LogP contribution is 2.36. The number of amides is 1. The maximum absolute atomic E-state index is 13.2. The third-order valence-corrected chi connectivity index (χ3v) is 7.19. The molecule has 4 rings (SSSR count). The molecular weight excluding hydrogens is 402 g/mol. The fourth-order valence-electron chi connectivity index (χ4n) is 5.08. The highest BCUT2D eigenvalue weighted by atomic mass is 16.5. The lowest BCUT2D eigenvalue weighted by Crippen LogP contribution is -2.42. The number of nitrogens with one attached hydrogen (secondary N) is 2. The van der Waals surface area contributed by atoms with Crippen LogP contribution in [0.4, 0.5) is 0 Å². The molecule has 0 aromatic carbocycles. The van der Waals surface area contributed by atoms with Crippen molar-refractivity contribution in [2.45, 2.75) is 84.5 Å². The summed E-state index contributed by atoms with van der Waals surface area (Å²) in [4.78, 5) is 13.2. The molecule has 1 saturated carbocycles. The maximum Gasteiger partial charge on any atom is 0.276 e. The average molecular weight is 440 g/mol. The second-order valence-corrected chi connectivity index (χ2v) is 9.64. The standard InChI is InChI=1S/C25H37N5O2/c1-15(2)20-13-10-14-21(32-20)22-16(3)23(28-27-22)25(31)26-24-17(4)29(6)30(18(24)5)19-11-8-7-9-12-19/h10,14-15,19-21H,5,7-9,11-13H2,1-4,6H3,(H,26,31)(H,27,28)/t20-,21+/m1/s1. The lowest BCUT2D eigenvalue weighted by atomic mass is 9.95. The van der Waals surface area contributed by atoms with Gasteiger partial charge in [0.25, 0.3) is 5.91 Å². The Hall–Kier alpha value is -2.54. The van der Waals surface area contributed by atoms with Crippen LogP contribution in [-0.2, 0) is 4.74 Å². The largest absolute Gasteiger partial charge is 0.364 e. The van der Waals surface area contributed by atoms with E-state index in [1.165, 1.54) is 19.3 Å². The molecule has 2 atom stereocenters. The number of hydrogen-bond acceptors (Lipinski definition) is 5. The number of hydrogen-bond donors (Lipinski definition) is 2. The summed E-state index contributed by atoms with van der Waals surface area (Å²) in [6.45, 7) is 12.6. The number of aromatic nitrogens is 2. The molecule has 1 fully saturated rings. The van der Waals surface area contributed by atoms with Crippen LogP contribution in [-0.4, -0.2) is 45.3 Å². The van der Waals surface area contributed by atoms with Crippen LogP contribution in [0.2, 0.25) is 0 Å². The van der Waals surface area contributed by atoms with E-state index >= 15 is 0 Å². The van der Waals surface area contributed by atoms with E-state index in [0.717, 1.165) is 47.6 Å². The number of nitrogens with zero attached hydrogens (tertiary/aromatic N) is 3. The first-order valence-electron chi connectivity index (χ1n) is 11.9. The number of hydrazine groups is 1. The Morgan fingerprint density at radius 3 is 2.69 bits per heavy atom. The summed E-state index contributed by atoms with van der Waals surface area (Å²) in [5.41, 5.74) is 4.70. The molecule has 0 spiro atoms. The Morgan fingerprint density at radius 1 is 1.28 bits per heavy atom. The van der Waals surface area contributed by atoms with Crippen LogP contribution >= 0.6 is 0 Å². The number of carbonyl (C=O) groups is 1. The Kier molecular flexibility index (Phi) is 6.47. The SMILES string of the molecule is C=C1C(NC(=O)c2n[nH]c([C@@H]3C=CC[C@H](C(C)C)O3)c2C)=C(C)N(C)N1C1CCCCC1. The third-order valence-electron chi connectivity index (χ3n) is 7.19. The van der Waals surface area contributed by atoms with Crippen molar-refractivity contribution in [1.29, 1.82) is 0 Å². The van der Waals surface area contributed by atoms with Crippen LogP contribution in [0.5, 0.6) is 0 Å². The van der Waals surface area contributed by atoms with Crippen LogP contribution < -0.4 is 5.32 Å². The van der Waals surface area contributed by atoms with Gasteiger partial charge in [0.15, 0.2) is 5.69 Å². The number of allylic oxidation sites excluding steroid dienone is 1. The molecule has 1 amide bonds. The van der Waals surface area contributed by atoms with Crippen LogP contribution in [0, 0.1) is 12.8 Å². The zero-order valence-electron chi connectivity index (χ0n) is 20.1. The molecule has 0 radical (unpaired) electrons. The molecule has 1 aromatic rings. The molecule has 3 aliphatic rings. The number of carbonyl (C=O) groups excluding carboxylic acids is 1. The summed E-state index contributed by atoms with van der Waals surface area (Å²) in [5, 5.41) is 14.9. The van der Waals surface area contributed by atoms with Crippen molar-refractivity contribution in [2.75, 3.05) is 7.05 Å². The number of rotatable bonds is 5. The van der Waals surface area contributed by atoms with Gasteiger partial charge >= 0.3 is 0 Å². The Morgan fingerprint density at radius 2 is 2.00 bits per heavy atom. The molecule has 1 aromatic heterocycles. The van der Waals surface area contributed by atoms with E-state index < -0.39 is 0 Å². The van der Waals surface area contributed by atoms with Crippen molar-refractivity contribution in [1.82, 2.24) is 25.5 Å². The van der Waals surface area contributed by atoms with E-state index in [1.807, 2.05) is 27.0 Å². The Bertz CT molecular complexity index is 938. The van der Waals surface area contributed by atoms with Crippen molar-refractivity contribution >= 4 is 5.91 Å². The molecule has 7 nitrogen and oxygen atoms in total. The van der Waals surface area contributed by atoms with Crippen LogP contribution in [0.25, 0.3) is 0 Å². The minimum absolute atomic E-state index is 0.168. The van der Waals surface area contributed by atoms with Crippen LogP contribution in [0.3, 0.4) is 0 Å². The summed E-state index contributed by atoms with van der Waals surface area (Å²) >= 11 is 0. The van der Waals surface area contributed by atoms with E-state index in [1.54, 1.807) is 0 Å². The first-order chi connectivity index (χ1) is 15.3. The second-order valence-electron chi connectivity index (χ2n) is 9.64. The van der Waals surface area contributed by atoms with Gasteiger partial charge in [0.1, 0.15) is 6.10 Å². The van der Waals surface area contributed by atoms with Gasteiger partial charge in [-0.15, -0.1) is 0 Å². The summed E-state index contributed by atoms with van der Waals surface area (Å²) < 4.78 is 6.24. The number of aromatic amines is 1. The molecule has 3 heterocycles. The summed E-state index contributed by atoms with van der Waals surface area (Å²) in [6, 6.07) is 0.438. The predicted molar refractivity (Wildman–Crippen MR) is 125 cm³/mol. The van der Waals surface area contributed by atoms with Crippen LogP contribution in [0.1, 0.15) is 87.1 Å². The molecule has 7 heteroatoms. The monoisotopic (exact) mass is 439 g/mol. The molecule has 2 aliphatic heterocycles. The van der Waals surface area contributed by atoms with Crippen LogP contribution in [0.15, 0.2) is 35.8 Å². The van der Waals surface area contributed by atoms with E-state index in [-0.39, 0.29) is 18.1 Å². The molecule has 0 unspecified atom stereocenters. The van der Waals surface area contributed by atoms with E-state index in [2.05, 4.69) is 52.0 Å². The highest BCUT2D eigenvalue weighted by molar-refractivity contribution is 5.95. The summed E-state index contributed by atoms with van der Waals surface area (Å²) in [6.07, 6.45) is 11.2. The fourth-order valence-corrected chi connectivity index (χ4v) is 5.08. The molecule has 1 aliphatic carbocycles. The van der Waals surface area contributed by atoms with Crippen molar-refractivity contribution < 1.29 is 9.53 Å². The van der Waals surface area contributed by atoms with Crippen molar-refractivity contribution in [2.24, 2.45) is 5.92 Å². The van der Waals surface area contributed by atoms with Crippen molar-refractivity contribution in [3.8, 4) is 0 Å². The lowest BCUT2D eigenvalue weighted by molar-refractivity contribution is -0.0228. The third kappa shape index (κ3) is 4.10. The summed E-state index contributed by atoms with van der Waals surface area (Å²) in [5.74, 6) is 0.209. The minimum Gasteiger partial charge on any atom is -0.364 e. The zero-order valence-corrected chi connectivity index (χ0v) is 20.1. The average Bonchev–Trinajstić information content (AvgIpc) is 3.27.